The van der Waals surface area contributed by atoms with E-state index in [1.54, 1.807) is 13.0 Å². The fraction of sp³-hybridized carbons (Fsp3) is 0.600. The van der Waals surface area contributed by atoms with E-state index < -0.39 is 10.0 Å². The Labute approximate surface area is 121 Å². The molecular formula is C15H23NO3S. The Morgan fingerprint density at radius 2 is 1.80 bits per heavy atom. The van der Waals surface area contributed by atoms with Crippen molar-refractivity contribution in [2.24, 2.45) is 5.92 Å². The summed E-state index contributed by atoms with van der Waals surface area (Å²) in [7, 11) is -3.49. The molecule has 1 atom stereocenters. The zero-order valence-corrected chi connectivity index (χ0v) is 13.1. The van der Waals surface area contributed by atoms with Gasteiger partial charge in [0.25, 0.3) is 0 Å². The van der Waals surface area contributed by atoms with Crippen molar-refractivity contribution in [3.8, 4) is 0 Å². The highest BCUT2D eigenvalue weighted by atomic mass is 32.2. The van der Waals surface area contributed by atoms with Gasteiger partial charge < -0.3 is 5.11 Å². The number of aliphatic hydroxyl groups is 1. The van der Waals surface area contributed by atoms with Crippen LogP contribution in [0.2, 0.25) is 0 Å². The zero-order valence-electron chi connectivity index (χ0n) is 12.3. The number of benzene rings is 1. The second kappa shape index (κ2) is 5.84. The molecule has 0 saturated heterocycles. The first-order valence-electron chi connectivity index (χ1n) is 7.07. The van der Waals surface area contributed by atoms with Crippen molar-refractivity contribution in [1.82, 2.24) is 4.72 Å². The van der Waals surface area contributed by atoms with Gasteiger partial charge in [-0.25, -0.2) is 13.1 Å². The molecule has 0 radical (unpaired) electrons. The number of nitrogens with one attached hydrogen (secondary N) is 1. The topological polar surface area (TPSA) is 66.4 Å². The minimum Gasteiger partial charge on any atom is -0.393 e. The number of sulfonamides is 1. The van der Waals surface area contributed by atoms with E-state index in [1.165, 1.54) is 0 Å². The molecule has 0 unspecified atom stereocenters. The summed E-state index contributed by atoms with van der Waals surface area (Å²) in [6.07, 6.45) is 2.22. The van der Waals surface area contributed by atoms with E-state index in [1.807, 2.05) is 19.9 Å². The molecule has 112 valence electrons. The minimum absolute atomic E-state index is 0.284. The average molecular weight is 297 g/mol. The minimum atomic E-state index is -3.49. The lowest BCUT2D eigenvalue weighted by molar-refractivity contribution is 0.143. The fourth-order valence-corrected chi connectivity index (χ4v) is 3.72. The molecule has 0 bridgehead atoms. The Kier molecular flexibility index (Phi) is 4.52. The van der Waals surface area contributed by atoms with Crippen LogP contribution in [0.15, 0.2) is 17.0 Å². The summed E-state index contributed by atoms with van der Waals surface area (Å²) in [5, 5.41) is 9.76. The van der Waals surface area contributed by atoms with Gasteiger partial charge in [0.05, 0.1) is 11.0 Å². The van der Waals surface area contributed by atoms with Crippen molar-refractivity contribution in [3.63, 3.8) is 0 Å². The Bertz CT molecular complexity index is 591. The van der Waals surface area contributed by atoms with Gasteiger partial charge in [-0.15, -0.1) is 0 Å². The summed E-state index contributed by atoms with van der Waals surface area (Å²) in [6, 6.07) is 3.60. The first-order valence-corrected chi connectivity index (χ1v) is 8.55. The molecule has 1 aromatic carbocycles. The summed E-state index contributed by atoms with van der Waals surface area (Å²) in [5.74, 6) is 0.378. The maximum absolute atomic E-state index is 12.3. The van der Waals surface area contributed by atoms with Crippen molar-refractivity contribution in [2.75, 3.05) is 6.54 Å². The molecule has 1 aliphatic carbocycles. The number of rotatable bonds is 6. The SMILES string of the molecule is Cc1cc(C)c(S(=O)(=O)NCC[C@@H](O)C2CC2)cc1C. The van der Waals surface area contributed by atoms with Gasteiger partial charge in [-0.1, -0.05) is 6.07 Å². The van der Waals surface area contributed by atoms with Crippen molar-refractivity contribution < 1.29 is 13.5 Å². The lowest BCUT2D eigenvalue weighted by atomic mass is 10.1. The second-order valence-corrected chi connectivity index (χ2v) is 7.53. The zero-order chi connectivity index (χ0) is 14.9. The second-order valence-electron chi connectivity index (χ2n) is 5.79. The van der Waals surface area contributed by atoms with Crippen LogP contribution in [0.4, 0.5) is 0 Å². The van der Waals surface area contributed by atoms with Crippen LogP contribution in [-0.2, 0) is 10.0 Å². The monoisotopic (exact) mass is 297 g/mol. The molecule has 2 N–H and O–H groups in total. The third kappa shape index (κ3) is 3.59. The first-order chi connectivity index (χ1) is 9.31. The molecular weight excluding hydrogens is 274 g/mol. The van der Waals surface area contributed by atoms with Crippen molar-refractivity contribution >= 4 is 10.0 Å². The molecule has 5 heteroatoms. The van der Waals surface area contributed by atoms with E-state index in [2.05, 4.69) is 4.72 Å². The van der Waals surface area contributed by atoms with Gasteiger partial charge in [0.2, 0.25) is 10.0 Å². The molecule has 0 aromatic heterocycles. The summed E-state index contributed by atoms with van der Waals surface area (Å²) >= 11 is 0. The van der Waals surface area contributed by atoms with E-state index in [4.69, 9.17) is 0 Å². The van der Waals surface area contributed by atoms with E-state index in [0.29, 0.717) is 17.2 Å². The third-order valence-electron chi connectivity index (χ3n) is 3.98. The molecule has 1 fully saturated rings. The van der Waals surface area contributed by atoms with E-state index in [0.717, 1.165) is 29.5 Å². The average Bonchev–Trinajstić information content (AvgIpc) is 3.17. The van der Waals surface area contributed by atoms with Crippen LogP contribution in [0, 0.1) is 26.7 Å². The summed E-state index contributed by atoms with van der Waals surface area (Å²) < 4.78 is 27.2. The molecule has 1 aromatic rings. The van der Waals surface area contributed by atoms with Gasteiger partial charge in [0, 0.05) is 6.54 Å². The van der Waals surface area contributed by atoms with Crippen LogP contribution in [-0.4, -0.2) is 26.2 Å². The molecule has 0 amide bonds. The number of aryl methyl sites for hydroxylation is 3. The van der Waals surface area contributed by atoms with Gasteiger partial charge in [-0.05, 0) is 68.7 Å². The predicted molar refractivity (Wildman–Crippen MR) is 79.2 cm³/mol. The van der Waals surface area contributed by atoms with Gasteiger partial charge in [0.1, 0.15) is 0 Å². The normalized spacial score (nSPS) is 17.2. The maximum Gasteiger partial charge on any atom is 0.240 e. The molecule has 4 nitrogen and oxygen atoms in total. The van der Waals surface area contributed by atoms with Crippen LogP contribution in [0.5, 0.6) is 0 Å². The van der Waals surface area contributed by atoms with Gasteiger partial charge in [-0.2, -0.15) is 0 Å². The largest absolute Gasteiger partial charge is 0.393 e. The summed E-state index contributed by atoms with van der Waals surface area (Å²) in [5.41, 5.74) is 2.81. The van der Waals surface area contributed by atoms with E-state index in [9.17, 15) is 13.5 Å². The standard InChI is InChI=1S/C15H23NO3S/c1-10-8-12(3)15(9-11(10)2)20(18,19)16-7-6-14(17)13-4-5-13/h8-9,13-14,16-17H,4-7H2,1-3H3/t14-/m1/s1. The molecule has 1 aliphatic rings. The Hall–Kier alpha value is -0.910. The fourth-order valence-electron chi connectivity index (χ4n) is 2.36. The molecule has 20 heavy (non-hydrogen) atoms. The van der Waals surface area contributed by atoms with Crippen LogP contribution < -0.4 is 4.72 Å². The molecule has 0 spiro atoms. The highest BCUT2D eigenvalue weighted by molar-refractivity contribution is 7.89. The summed E-state index contributed by atoms with van der Waals surface area (Å²) in [6.45, 7) is 5.97. The van der Waals surface area contributed by atoms with Crippen LogP contribution in [0.3, 0.4) is 0 Å². The van der Waals surface area contributed by atoms with E-state index in [-0.39, 0.29) is 12.6 Å². The molecule has 1 saturated carbocycles. The highest BCUT2D eigenvalue weighted by Crippen LogP contribution is 2.33. The van der Waals surface area contributed by atoms with Crippen molar-refractivity contribution in [3.05, 3.63) is 28.8 Å². The predicted octanol–water partition coefficient (Wildman–Crippen LogP) is 2.05. The van der Waals surface area contributed by atoms with Crippen LogP contribution in [0.1, 0.15) is 36.0 Å². The third-order valence-corrected chi connectivity index (χ3v) is 5.58. The Morgan fingerprint density at radius 1 is 1.20 bits per heavy atom. The van der Waals surface area contributed by atoms with Crippen LogP contribution >= 0.6 is 0 Å². The summed E-state index contributed by atoms with van der Waals surface area (Å²) in [4.78, 5) is 0.335. The first kappa shape index (κ1) is 15.5. The van der Waals surface area contributed by atoms with Crippen molar-refractivity contribution in [2.45, 2.75) is 51.0 Å². The lowest BCUT2D eigenvalue weighted by Crippen LogP contribution is -2.28. The molecule has 0 heterocycles. The van der Waals surface area contributed by atoms with Gasteiger partial charge >= 0.3 is 0 Å². The molecule has 2 rings (SSSR count). The van der Waals surface area contributed by atoms with Crippen molar-refractivity contribution in [1.29, 1.82) is 0 Å². The van der Waals surface area contributed by atoms with Gasteiger partial charge in [-0.3, -0.25) is 0 Å². The highest BCUT2D eigenvalue weighted by Gasteiger charge is 2.29. The quantitative estimate of drug-likeness (QED) is 0.844. The maximum atomic E-state index is 12.3. The lowest BCUT2D eigenvalue weighted by Gasteiger charge is -2.13. The smallest absolute Gasteiger partial charge is 0.240 e. The number of hydrogen-bond acceptors (Lipinski definition) is 3. The molecule has 0 aliphatic heterocycles. The Morgan fingerprint density at radius 3 is 2.40 bits per heavy atom. The Balaban J connectivity index is 2.04. The number of aliphatic hydroxyl groups excluding tert-OH is 1. The van der Waals surface area contributed by atoms with E-state index >= 15 is 0 Å². The van der Waals surface area contributed by atoms with Gasteiger partial charge in [0.15, 0.2) is 0 Å². The number of hydrogen-bond donors (Lipinski definition) is 2. The van der Waals surface area contributed by atoms with Crippen LogP contribution in [0.25, 0.3) is 0 Å².